The third kappa shape index (κ3) is 2.65. The Balaban J connectivity index is 1.79. The van der Waals surface area contributed by atoms with Crippen molar-refractivity contribution < 1.29 is 9.59 Å². The van der Waals surface area contributed by atoms with Crippen LogP contribution in [0, 0.1) is 0 Å². The molecule has 2 fully saturated rings. The lowest BCUT2D eigenvalue weighted by molar-refractivity contribution is -0.128. The van der Waals surface area contributed by atoms with E-state index in [9.17, 15) is 9.59 Å². The van der Waals surface area contributed by atoms with Crippen molar-refractivity contribution in [1.82, 2.24) is 15.5 Å². The zero-order valence-electron chi connectivity index (χ0n) is 9.82. The van der Waals surface area contributed by atoms with Crippen LogP contribution < -0.4 is 10.6 Å². The summed E-state index contributed by atoms with van der Waals surface area (Å²) in [4.78, 5) is 25.0. The maximum atomic E-state index is 11.6. The van der Waals surface area contributed by atoms with E-state index in [1.165, 1.54) is 0 Å². The molecule has 1 atom stereocenters. The molecule has 0 aromatic heterocycles. The van der Waals surface area contributed by atoms with E-state index in [-0.39, 0.29) is 24.0 Å². The van der Waals surface area contributed by atoms with Gasteiger partial charge in [0.15, 0.2) is 0 Å². The standard InChI is InChI=1S/C11H19N3O2/c1-7(2)12-11(16)13-8-5-10(15)14(6-8)9-3-4-9/h7-9H,3-6H2,1-2H3,(H2,12,13,16). The maximum absolute atomic E-state index is 11.6. The molecule has 1 saturated heterocycles. The van der Waals surface area contributed by atoms with E-state index in [1.807, 2.05) is 18.7 Å². The van der Waals surface area contributed by atoms with Crippen LogP contribution in [0.3, 0.4) is 0 Å². The first-order chi connectivity index (χ1) is 7.56. The van der Waals surface area contributed by atoms with Crippen LogP contribution in [-0.4, -0.2) is 41.5 Å². The minimum Gasteiger partial charge on any atom is -0.338 e. The number of amides is 3. The molecule has 90 valence electrons. The monoisotopic (exact) mass is 225 g/mol. The van der Waals surface area contributed by atoms with Gasteiger partial charge < -0.3 is 15.5 Å². The lowest BCUT2D eigenvalue weighted by Gasteiger charge is -2.17. The summed E-state index contributed by atoms with van der Waals surface area (Å²) in [6.07, 6.45) is 2.69. The van der Waals surface area contributed by atoms with E-state index in [4.69, 9.17) is 0 Å². The first-order valence-corrected chi connectivity index (χ1v) is 5.92. The largest absolute Gasteiger partial charge is 0.338 e. The van der Waals surface area contributed by atoms with Crippen molar-refractivity contribution in [2.45, 2.75) is 51.2 Å². The Labute approximate surface area is 95.6 Å². The Morgan fingerprint density at radius 2 is 2.12 bits per heavy atom. The molecule has 16 heavy (non-hydrogen) atoms. The molecule has 0 aromatic rings. The molecule has 5 heteroatoms. The molecule has 2 aliphatic rings. The predicted molar refractivity (Wildman–Crippen MR) is 59.9 cm³/mol. The topological polar surface area (TPSA) is 61.4 Å². The van der Waals surface area contributed by atoms with E-state index < -0.39 is 0 Å². The van der Waals surface area contributed by atoms with Gasteiger partial charge in [-0.15, -0.1) is 0 Å². The van der Waals surface area contributed by atoms with E-state index in [0.29, 0.717) is 19.0 Å². The van der Waals surface area contributed by atoms with Gasteiger partial charge >= 0.3 is 6.03 Å². The minimum atomic E-state index is -0.176. The molecule has 3 amide bonds. The van der Waals surface area contributed by atoms with E-state index >= 15 is 0 Å². The van der Waals surface area contributed by atoms with Gasteiger partial charge in [0.2, 0.25) is 5.91 Å². The maximum Gasteiger partial charge on any atom is 0.315 e. The molecule has 1 aliphatic heterocycles. The number of rotatable bonds is 3. The number of nitrogens with one attached hydrogen (secondary N) is 2. The summed E-state index contributed by atoms with van der Waals surface area (Å²) >= 11 is 0. The van der Waals surface area contributed by atoms with Crippen molar-refractivity contribution in [3.05, 3.63) is 0 Å². The smallest absolute Gasteiger partial charge is 0.315 e. The van der Waals surface area contributed by atoms with Crippen LogP contribution >= 0.6 is 0 Å². The van der Waals surface area contributed by atoms with Crippen LogP contribution in [-0.2, 0) is 4.79 Å². The van der Waals surface area contributed by atoms with E-state index in [0.717, 1.165) is 12.8 Å². The summed E-state index contributed by atoms with van der Waals surface area (Å²) in [7, 11) is 0. The summed E-state index contributed by atoms with van der Waals surface area (Å²) in [5.74, 6) is 0.178. The fraction of sp³-hybridized carbons (Fsp3) is 0.818. The number of likely N-dealkylation sites (tertiary alicyclic amines) is 1. The number of urea groups is 1. The van der Waals surface area contributed by atoms with Gasteiger partial charge in [-0.3, -0.25) is 4.79 Å². The van der Waals surface area contributed by atoms with Crippen molar-refractivity contribution in [2.24, 2.45) is 0 Å². The van der Waals surface area contributed by atoms with Crippen LogP contribution in [0.4, 0.5) is 4.79 Å². The molecule has 0 aromatic carbocycles. The number of hydrogen-bond acceptors (Lipinski definition) is 2. The van der Waals surface area contributed by atoms with Crippen molar-refractivity contribution in [3.8, 4) is 0 Å². The highest BCUT2D eigenvalue weighted by molar-refractivity contribution is 5.82. The fourth-order valence-electron chi connectivity index (χ4n) is 2.06. The van der Waals surface area contributed by atoms with Gasteiger partial charge in [0.05, 0.1) is 6.04 Å². The van der Waals surface area contributed by atoms with Crippen molar-refractivity contribution in [1.29, 1.82) is 0 Å². The molecule has 2 N–H and O–H groups in total. The molecule has 0 radical (unpaired) electrons. The SMILES string of the molecule is CC(C)NC(=O)NC1CC(=O)N(C2CC2)C1. The van der Waals surface area contributed by atoms with Crippen LogP contribution in [0.5, 0.6) is 0 Å². The third-order valence-corrected chi connectivity index (χ3v) is 2.90. The van der Waals surface area contributed by atoms with Gasteiger partial charge in [-0.25, -0.2) is 4.79 Å². The van der Waals surface area contributed by atoms with Gasteiger partial charge in [-0.05, 0) is 26.7 Å². The number of carbonyl (C=O) groups is 2. The summed E-state index contributed by atoms with van der Waals surface area (Å²) < 4.78 is 0. The second-order valence-electron chi connectivity index (χ2n) is 4.95. The van der Waals surface area contributed by atoms with Crippen molar-refractivity contribution in [3.63, 3.8) is 0 Å². The minimum absolute atomic E-state index is 0.0214. The Kier molecular flexibility index (Phi) is 3.03. The quantitative estimate of drug-likeness (QED) is 0.733. The molecule has 2 rings (SSSR count). The summed E-state index contributed by atoms with van der Waals surface area (Å²) in [5.41, 5.74) is 0. The highest BCUT2D eigenvalue weighted by atomic mass is 16.2. The zero-order valence-corrected chi connectivity index (χ0v) is 9.82. The Bertz CT molecular complexity index is 300. The number of nitrogens with zero attached hydrogens (tertiary/aromatic N) is 1. The lowest BCUT2D eigenvalue weighted by atomic mass is 10.2. The van der Waals surface area contributed by atoms with Crippen LogP contribution in [0.2, 0.25) is 0 Å². The average Bonchev–Trinajstić information content (AvgIpc) is 2.90. The fourth-order valence-corrected chi connectivity index (χ4v) is 2.06. The van der Waals surface area contributed by atoms with Gasteiger partial charge in [0, 0.05) is 25.0 Å². The molecule has 1 unspecified atom stereocenters. The Morgan fingerprint density at radius 1 is 1.44 bits per heavy atom. The first kappa shape index (κ1) is 11.2. The second kappa shape index (κ2) is 4.31. The third-order valence-electron chi connectivity index (χ3n) is 2.90. The first-order valence-electron chi connectivity index (χ1n) is 5.92. The Morgan fingerprint density at radius 3 is 2.69 bits per heavy atom. The molecule has 1 heterocycles. The number of carbonyl (C=O) groups excluding carboxylic acids is 2. The average molecular weight is 225 g/mol. The van der Waals surface area contributed by atoms with Crippen LogP contribution in [0.25, 0.3) is 0 Å². The second-order valence-corrected chi connectivity index (χ2v) is 4.95. The molecule has 1 saturated carbocycles. The normalized spacial score (nSPS) is 25.1. The summed E-state index contributed by atoms with van der Waals surface area (Å²) in [6.45, 7) is 4.50. The molecular weight excluding hydrogens is 206 g/mol. The zero-order chi connectivity index (χ0) is 11.7. The van der Waals surface area contributed by atoms with Crippen molar-refractivity contribution >= 4 is 11.9 Å². The molecule has 5 nitrogen and oxygen atoms in total. The molecule has 0 spiro atoms. The van der Waals surface area contributed by atoms with E-state index in [1.54, 1.807) is 0 Å². The van der Waals surface area contributed by atoms with Crippen molar-refractivity contribution in [2.75, 3.05) is 6.54 Å². The summed E-state index contributed by atoms with van der Waals surface area (Å²) in [6, 6.07) is 0.376. The Hall–Kier alpha value is -1.26. The van der Waals surface area contributed by atoms with Crippen LogP contribution in [0.15, 0.2) is 0 Å². The van der Waals surface area contributed by atoms with Gasteiger partial charge in [-0.2, -0.15) is 0 Å². The van der Waals surface area contributed by atoms with Gasteiger partial charge in [0.1, 0.15) is 0 Å². The molecule has 0 bridgehead atoms. The predicted octanol–water partition coefficient (Wildman–Crippen LogP) is 0.457. The highest BCUT2D eigenvalue weighted by Crippen LogP contribution is 2.30. The highest BCUT2D eigenvalue weighted by Gasteiger charge is 2.39. The van der Waals surface area contributed by atoms with Crippen LogP contribution in [0.1, 0.15) is 33.1 Å². The lowest BCUT2D eigenvalue weighted by Crippen LogP contribution is -2.45. The molecular formula is C11H19N3O2. The number of hydrogen-bond donors (Lipinski definition) is 2. The van der Waals surface area contributed by atoms with Gasteiger partial charge in [0.25, 0.3) is 0 Å². The van der Waals surface area contributed by atoms with E-state index in [2.05, 4.69) is 10.6 Å². The van der Waals surface area contributed by atoms with Gasteiger partial charge in [-0.1, -0.05) is 0 Å². The summed E-state index contributed by atoms with van der Waals surface area (Å²) in [5, 5.41) is 5.60. The molecule has 1 aliphatic carbocycles.